The summed E-state index contributed by atoms with van der Waals surface area (Å²) < 4.78 is 5.65. The number of carbonyl (C=O) groups excluding carboxylic acids is 1. The number of rotatable bonds is 5. The van der Waals surface area contributed by atoms with Crippen molar-refractivity contribution >= 4 is 5.91 Å². The highest BCUT2D eigenvalue weighted by Gasteiger charge is 2.27. The van der Waals surface area contributed by atoms with Gasteiger partial charge in [-0.2, -0.15) is 5.26 Å². The molecule has 1 aliphatic heterocycles. The van der Waals surface area contributed by atoms with Crippen LogP contribution in [-0.4, -0.2) is 43.1 Å². The van der Waals surface area contributed by atoms with Crippen molar-refractivity contribution in [3.63, 3.8) is 0 Å². The summed E-state index contributed by atoms with van der Waals surface area (Å²) in [6, 6.07) is 9.13. The Hall–Kier alpha value is -2.06. The SMILES string of the molecule is CCC1C(=O)NCCN1CCOc1cccc(C#N)c1. The molecule has 1 fully saturated rings. The number of nitrogens with zero attached hydrogens (tertiary/aromatic N) is 2. The summed E-state index contributed by atoms with van der Waals surface area (Å²) in [5.74, 6) is 0.795. The molecule has 5 nitrogen and oxygen atoms in total. The van der Waals surface area contributed by atoms with E-state index < -0.39 is 0 Å². The molecule has 0 bridgehead atoms. The van der Waals surface area contributed by atoms with Crippen LogP contribution in [0, 0.1) is 11.3 Å². The van der Waals surface area contributed by atoms with Crippen LogP contribution in [-0.2, 0) is 4.79 Å². The summed E-state index contributed by atoms with van der Waals surface area (Å²) in [6.07, 6.45) is 0.801. The highest BCUT2D eigenvalue weighted by Crippen LogP contribution is 2.13. The maximum Gasteiger partial charge on any atom is 0.237 e. The molecule has 1 amide bonds. The van der Waals surface area contributed by atoms with Gasteiger partial charge in [-0.25, -0.2) is 0 Å². The number of benzene rings is 1. The molecule has 1 aromatic rings. The first kappa shape index (κ1) is 14.4. The fourth-order valence-corrected chi connectivity index (χ4v) is 2.41. The first-order chi connectivity index (χ1) is 9.74. The molecule has 1 aliphatic rings. The largest absolute Gasteiger partial charge is 0.492 e. The fraction of sp³-hybridized carbons (Fsp3) is 0.467. The fourth-order valence-electron chi connectivity index (χ4n) is 2.41. The summed E-state index contributed by atoms with van der Waals surface area (Å²) in [6.45, 7) is 4.78. The van der Waals surface area contributed by atoms with E-state index in [0.717, 1.165) is 13.0 Å². The third-order valence-corrected chi connectivity index (χ3v) is 3.44. The second-order valence-corrected chi connectivity index (χ2v) is 4.74. The zero-order valence-electron chi connectivity index (χ0n) is 11.6. The lowest BCUT2D eigenvalue weighted by Crippen LogP contribution is -2.55. The van der Waals surface area contributed by atoms with E-state index in [-0.39, 0.29) is 11.9 Å². The Labute approximate surface area is 119 Å². The van der Waals surface area contributed by atoms with Crippen LogP contribution in [0.15, 0.2) is 24.3 Å². The number of hydrogen-bond donors (Lipinski definition) is 1. The monoisotopic (exact) mass is 273 g/mol. The molecule has 0 spiro atoms. The molecule has 0 radical (unpaired) electrons. The van der Waals surface area contributed by atoms with Crippen molar-refractivity contribution in [2.24, 2.45) is 0 Å². The van der Waals surface area contributed by atoms with Crippen LogP contribution < -0.4 is 10.1 Å². The van der Waals surface area contributed by atoms with Crippen molar-refractivity contribution in [1.29, 1.82) is 5.26 Å². The van der Waals surface area contributed by atoms with Gasteiger partial charge >= 0.3 is 0 Å². The van der Waals surface area contributed by atoms with Crippen molar-refractivity contribution in [2.45, 2.75) is 19.4 Å². The van der Waals surface area contributed by atoms with Crippen molar-refractivity contribution in [3.05, 3.63) is 29.8 Å². The smallest absolute Gasteiger partial charge is 0.237 e. The van der Waals surface area contributed by atoms with E-state index in [4.69, 9.17) is 10.00 Å². The van der Waals surface area contributed by atoms with Crippen LogP contribution in [0.5, 0.6) is 5.75 Å². The van der Waals surface area contributed by atoms with E-state index >= 15 is 0 Å². The topological polar surface area (TPSA) is 65.4 Å². The number of carbonyl (C=O) groups is 1. The van der Waals surface area contributed by atoms with Gasteiger partial charge in [-0.05, 0) is 24.6 Å². The van der Waals surface area contributed by atoms with Gasteiger partial charge in [-0.1, -0.05) is 13.0 Å². The normalized spacial score (nSPS) is 19.2. The maximum atomic E-state index is 11.7. The van der Waals surface area contributed by atoms with Gasteiger partial charge in [0.05, 0.1) is 17.7 Å². The number of ether oxygens (including phenoxy) is 1. The Kier molecular flexibility index (Phi) is 4.97. The number of amides is 1. The van der Waals surface area contributed by atoms with Gasteiger partial charge in [-0.15, -0.1) is 0 Å². The Morgan fingerprint density at radius 1 is 1.55 bits per heavy atom. The minimum atomic E-state index is -0.0576. The summed E-state index contributed by atoms with van der Waals surface area (Å²) in [5, 5.41) is 11.7. The van der Waals surface area contributed by atoms with Crippen LogP contribution in [0.2, 0.25) is 0 Å². The van der Waals surface area contributed by atoms with E-state index in [1.165, 1.54) is 0 Å². The molecule has 0 aromatic heterocycles. The second kappa shape index (κ2) is 6.92. The average molecular weight is 273 g/mol. The van der Waals surface area contributed by atoms with Crippen molar-refractivity contribution < 1.29 is 9.53 Å². The molecule has 1 atom stereocenters. The van der Waals surface area contributed by atoms with Gasteiger partial charge in [0.25, 0.3) is 0 Å². The minimum absolute atomic E-state index is 0.0576. The number of nitrogens with one attached hydrogen (secondary N) is 1. The van der Waals surface area contributed by atoms with E-state index in [9.17, 15) is 4.79 Å². The zero-order chi connectivity index (χ0) is 14.4. The van der Waals surface area contributed by atoms with Gasteiger partial charge in [0.2, 0.25) is 5.91 Å². The molecule has 0 saturated carbocycles. The summed E-state index contributed by atoms with van der Waals surface area (Å²) in [4.78, 5) is 13.9. The number of hydrogen-bond acceptors (Lipinski definition) is 4. The summed E-state index contributed by atoms with van der Waals surface area (Å²) in [7, 11) is 0. The molecular formula is C15H19N3O2. The predicted molar refractivity (Wildman–Crippen MR) is 75.3 cm³/mol. The third-order valence-electron chi connectivity index (χ3n) is 3.44. The quantitative estimate of drug-likeness (QED) is 0.874. The molecule has 106 valence electrons. The molecule has 2 rings (SSSR count). The first-order valence-corrected chi connectivity index (χ1v) is 6.89. The molecule has 0 aliphatic carbocycles. The Balaban J connectivity index is 1.85. The highest BCUT2D eigenvalue weighted by molar-refractivity contribution is 5.82. The minimum Gasteiger partial charge on any atom is -0.492 e. The van der Waals surface area contributed by atoms with E-state index in [2.05, 4.69) is 16.3 Å². The van der Waals surface area contributed by atoms with Crippen LogP contribution in [0.25, 0.3) is 0 Å². The summed E-state index contributed by atoms with van der Waals surface area (Å²) in [5.41, 5.74) is 0.589. The van der Waals surface area contributed by atoms with Gasteiger partial charge in [-0.3, -0.25) is 9.69 Å². The molecular weight excluding hydrogens is 254 g/mol. The lowest BCUT2D eigenvalue weighted by molar-refractivity contribution is -0.129. The molecule has 1 unspecified atom stereocenters. The molecule has 1 heterocycles. The Morgan fingerprint density at radius 3 is 3.15 bits per heavy atom. The van der Waals surface area contributed by atoms with Gasteiger partial charge in [0, 0.05) is 19.6 Å². The molecule has 20 heavy (non-hydrogen) atoms. The maximum absolute atomic E-state index is 11.7. The summed E-state index contributed by atoms with van der Waals surface area (Å²) >= 11 is 0. The molecule has 1 N–H and O–H groups in total. The van der Waals surface area contributed by atoms with Gasteiger partial charge < -0.3 is 10.1 Å². The Bertz CT molecular complexity index is 510. The standard InChI is InChI=1S/C15H19N3O2/c1-2-14-15(19)17-6-7-18(14)8-9-20-13-5-3-4-12(10-13)11-16/h3-5,10,14H,2,6-9H2,1H3,(H,17,19). The lowest BCUT2D eigenvalue weighted by Gasteiger charge is -2.34. The molecule has 1 aromatic carbocycles. The van der Waals surface area contributed by atoms with E-state index in [1.54, 1.807) is 18.2 Å². The highest BCUT2D eigenvalue weighted by atomic mass is 16.5. The van der Waals surface area contributed by atoms with Gasteiger partial charge in [0.1, 0.15) is 12.4 Å². The number of piperazine rings is 1. The van der Waals surface area contributed by atoms with E-state index in [0.29, 0.717) is 31.0 Å². The molecule has 5 heteroatoms. The zero-order valence-corrected chi connectivity index (χ0v) is 11.6. The van der Waals surface area contributed by atoms with Crippen molar-refractivity contribution in [3.8, 4) is 11.8 Å². The van der Waals surface area contributed by atoms with Gasteiger partial charge in [0.15, 0.2) is 0 Å². The number of nitriles is 1. The van der Waals surface area contributed by atoms with Crippen molar-refractivity contribution in [1.82, 2.24) is 10.2 Å². The average Bonchev–Trinajstić information content (AvgIpc) is 2.48. The molecule has 1 saturated heterocycles. The lowest BCUT2D eigenvalue weighted by atomic mass is 10.1. The second-order valence-electron chi connectivity index (χ2n) is 4.74. The van der Waals surface area contributed by atoms with Crippen LogP contribution >= 0.6 is 0 Å². The first-order valence-electron chi connectivity index (χ1n) is 6.89. The van der Waals surface area contributed by atoms with Crippen LogP contribution in [0.1, 0.15) is 18.9 Å². The predicted octanol–water partition coefficient (Wildman–Crippen LogP) is 1.15. The van der Waals surface area contributed by atoms with Crippen LogP contribution in [0.3, 0.4) is 0 Å². The van der Waals surface area contributed by atoms with Crippen LogP contribution in [0.4, 0.5) is 0 Å². The van der Waals surface area contributed by atoms with Crippen molar-refractivity contribution in [2.75, 3.05) is 26.2 Å². The van der Waals surface area contributed by atoms with E-state index in [1.807, 2.05) is 13.0 Å². The third kappa shape index (κ3) is 3.49. The Morgan fingerprint density at radius 2 is 2.40 bits per heavy atom.